The molecule has 0 aromatic heterocycles. The van der Waals surface area contributed by atoms with Gasteiger partial charge < -0.3 is 0 Å². The van der Waals surface area contributed by atoms with Gasteiger partial charge in [0.1, 0.15) is 0 Å². The molecule has 1 fully saturated rings. The number of nitriles is 1. The molecule has 2 rings (SSSR count). The first-order valence-electron chi connectivity index (χ1n) is 6.90. The maximum Gasteiger partial charge on any atom is 0.0995 e. The molecule has 1 aliphatic carbocycles. The van der Waals surface area contributed by atoms with Gasteiger partial charge in [0.25, 0.3) is 0 Å². The third-order valence-electron chi connectivity index (χ3n) is 4.19. The van der Waals surface area contributed by atoms with Crippen molar-refractivity contribution in [2.75, 3.05) is 7.05 Å². The van der Waals surface area contributed by atoms with Crippen LogP contribution in [0.1, 0.15) is 43.7 Å². The van der Waals surface area contributed by atoms with E-state index < -0.39 is 0 Å². The zero-order valence-electron chi connectivity index (χ0n) is 11.4. The third kappa shape index (κ3) is 2.91. The van der Waals surface area contributed by atoms with Gasteiger partial charge in [0.05, 0.1) is 11.6 Å². The van der Waals surface area contributed by atoms with Crippen molar-refractivity contribution >= 4 is 0 Å². The fourth-order valence-electron chi connectivity index (χ4n) is 3.10. The second-order valence-corrected chi connectivity index (χ2v) is 5.51. The lowest BCUT2D eigenvalue weighted by molar-refractivity contribution is 0.133. The molecule has 0 heterocycles. The van der Waals surface area contributed by atoms with Gasteiger partial charge in [-0.05, 0) is 37.4 Å². The van der Waals surface area contributed by atoms with Crippen molar-refractivity contribution in [3.8, 4) is 6.07 Å². The van der Waals surface area contributed by atoms with Gasteiger partial charge in [0.15, 0.2) is 0 Å². The third-order valence-corrected chi connectivity index (χ3v) is 4.19. The van der Waals surface area contributed by atoms with Crippen LogP contribution in [0.15, 0.2) is 24.3 Å². The molecule has 1 aliphatic rings. The van der Waals surface area contributed by atoms with Crippen molar-refractivity contribution in [1.82, 2.24) is 4.90 Å². The molecule has 0 bridgehead atoms. The largest absolute Gasteiger partial charge is 0.299 e. The average Bonchev–Trinajstić information content (AvgIpc) is 2.39. The lowest BCUT2D eigenvalue weighted by Gasteiger charge is -2.36. The van der Waals surface area contributed by atoms with Gasteiger partial charge in [0, 0.05) is 12.6 Å². The predicted molar refractivity (Wildman–Crippen MR) is 74.0 cm³/mol. The lowest BCUT2D eigenvalue weighted by atomic mass is 9.85. The van der Waals surface area contributed by atoms with Gasteiger partial charge in [-0.2, -0.15) is 5.26 Å². The maximum absolute atomic E-state index is 9.13. The number of hydrogen-bond acceptors (Lipinski definition) is 2. The molecule has 18 heavy (non-hydrogen) atoms. The number of benzene rings is 1. The molecule has 0 saturated heterocycles. The molecule has 1 saturated carbocycles. The normalized spacial score (nSPS) is 23.9. The van der Waals surface area contributed by atoms with Crippen molar-refractivity contribution in [2.24, 2.45) is 5.92 Å². The highest BCUT2D eigenvalue weighted by Gasteiger charge is 2.25. The average molecular weight is 242 g/mol. The first kappa shape index (κ1) is 13.1. The monoisotopic (exact) mass is 242 g/mol. The second kappa shape index (κ2) is 6.02. The van der Waals surface area contributed by atoms with Crippen molar-refractivity contribution < 1.29 is 0 Å². The van der Waals surface area contributed by atoms with Crippen molar-refractivity contribution in [2.45, 2.75) is 45.2 Å². The van der Waals surface area contributed by atoms with Gasteiger partial charge in [-0.3, -0.25) is 4.90 Å². The molecular formula is C16H22N2. The minimum Gasteiger partial charge on any atom is -0.299 e. The summed E-state index contributed by atoms with van der Waals surface area (Å²) in [6.07, 6.45) is 5.36. The first-order valence-corrected chi connectivity index (χ1v) is 6.90. The molecule has 2 unspecified atom stereocenters. The van der Waals surface area contributed by atoms with E-state index in [-0.39, 0.29) is 0 Å². The summed E-state index contributed by atoms with van der Waals surface area (Å²) in [6.45, 7) is 3.25. The number of hydrogen-bond donors (Lipinski definition) is 0. The summed E-state index contributed by atoms with van der Waals surface area (Å²) in [6, 6.07) is 10.9. The molecule has 0 N–H and O–H groups in total. The Balaban J connectivity index is 2.06. The highest BCUT2D eigenvalue weighted by molar-refractivity contribution is 5.37. The Bertz CT molecular complexity index is 433. The van der Waals surface area contributed by atoms with Gasteiger partial charge in [-0.25, -0.2) is 0 Å². The Labute approximate surface area is 110 Å². The summed E-state index contributed by atoms with van der Waals surface area (Å²) in [5, 5.41) is 9.13. The zero-order valence-corrected chi connectivity index (χ0v) is 11.4. The van der Waals surface area contributed by atoms with Crippen LogP contribution in [0, 0.1) is 17.2 Å². The number of nitrogens with zero attached hydrogens (tertiary/aromatic N) is 2. The van der Waals surface area contributed by atoms with Gasteiger partial charge >= 0.3 is 0 Å². The van der Waals surface area contributed by atoms with E-state index in [9.17, 15) is 0 Å². The Kier molecular flexibility index (Phi) is 4.38. The smallest absolute Gasteiger partial charge is 0.0995 e. The first-order chi connectivity index (χ1) is 8.72. The zero-order chi connectivity index (χ0) is 13.0. The van der Waals surface area contributed by atoms with Crippen molar-refractivity contribution in [1.29, 1.82) is 5.26 Å². The van der Waals surface area contributed by atoms with Crippen LogP contribution >= 0.6 is 0 Å². The molecule has 0 spiro atoms. The minimum atomic E-state index is 0.672. The Morgan fingerprint density at radius 3 is 2.72 bits per heavy atom. The quantitative estimate of drug-likeness (QED) is 0.810. The minimum absolute atomic E-state index is 0.672. The second-order valence-electron chi connectivity index (χ2n) is 5.51. The maximum atomic E-state index is 9.13. The van der Waals surface area contributed by atoms with Crippen LogP contribution in [0.25, 0.3) is 0 Å². The Morgan fingerprint density at radius 1 is 1.28 bits per heavy atom. The summed E-state index contributed by atoms with van der Waals surface area (Å²) < 4.78 is 0. The van der Waals surface area contributed by atoms with Crippen molar-refractivity contribution in [3.63, 3.8) is 0 Å². The SMILES string of the molecule is CC1CCCCC1N(C)Cc1ccccc1C#N. The van der Waals surface area contributed by atoms with E-state index >= 15 is 0 Å². The van der Waals surface area contributed by atoms with Crippen LogP contribution in [0.4, 0.5) is 0 Å². The molecule has 96 valence electrons. The van der Waals surface area contributed by atoms with Gasteiger partial charge in [-0.15, -0.1) is 0 Å². The molecule has 1 aromatic carbocycles. The van der Waals surface area contributed by atoms with E-state index in [4.69, 9.17) is 5.26 Å². The highest BCUT2D eigenvalue weighted by atomic mass is 15.1. The van der Waals surface area contributed by atoms with E-state index in [0.29, 0.717) is 6.04 Å². The Hall–Kier alpha value is -1.33. The van der Waals surface area contributed by atoms with E-state index in [0.717, 1.165) is 23.6 Å². The molecule has 1 aromatic rings. The predicted octanol–water partition coefficient (Wildman–Crippen LogP) is 3.57. The summed E-state index contributed by atoms with van der Waals surface area (Å²) in [5.74, 6) is 0.776. The fourth-order valence-corrected chi connectivity index (χ4v) is 3.10. The lowest BCUT2D eigenvalue weighted by Crippen LogP contribution is -2.38. The molecular weight excluding hydrogens is 220 g/mol. The summed E-state index contributed by atoms with van der Waals surface area (Å²) in [7, 11) is 2.20. The van der Waals surface area contributed by atoms with Crippen molar-refractivity contribution in [3.05, 3.63) is 35.4 Å². The van der Waals surface area contributed by atoms with Gasteiger partial charge in [-0.1, -0.05) is 38.0 Å². The van der Waals surface area contributed by atoms with E-state index in [1.165, 1.54) is 25.7 Å². The summed E-state index contributed by atoms with van der Waals surface area (Å²) >= 11 is 0. The number of rotatable bonds is 3. The Morgan fingerprint density at radius 2 is 2.00 bits per heavy atom. The fraction of sp³-hybridized carbons (Fsp3) is 0.562. The topological polar surface area (TPSA) is 27.0 Å². The van der Waals surface area contributed by atoms with Crippen LogP contribution in [-0.4, -0.2) is 18.0 Å². The van der Waals surface area contributed by atoms with Crippen LogP contribution < -0.4 is 0 Å². The molecule has 0 aliphatic heterocycles. The van der Waals surface area contributed by atoms with E-state index in [1.54, 1.807) is 0 Å². The molecule has 2 heteroatoms. The molecule has 0 radical (unpaired) electrons. The molecule has 2 atom stereocenters. The van der Waals surface area contributed by atoms with E-state index in [1.807, 2.05) is 18.2 Å². The van der Waals surface area contributed by atoms with Crippen LogP contribution in [0.5, 0.6) is 0 Å². The van der Waals surface area contributed by atoms with Crippen LogP contribution in [0.2, 0.25) is 0 Å². The summed E-state index contributed by atoms with van der Waals surface area (Å²) in [4.78, 5) is 2.43. The molecule has 0 amide bonds. The molecule has 2 nitrogen and oxygen atoms in total. The summed E-state index contributed by atoms with van der Waals surface area (Å²) in [5.41, 5.74) is 1.97. The van der Waals surface area contributed by atoms with Crippen LogP contribution in [-0.2, 0) is 6.54 Å². The van der Waals surface area contributed by atoms with E-state index in [2.05, 4.69) is 31.0 Å². The highest BCUT2D eigenvalue weighted by Crippen LogP contribution is 2.28. The van der Waals surface area contributed by atoms with Crippen LogP contribution in [0.3, 0.4) is 0 Å². The van der Waals surface area contributed by atoms with Gasteiger partial charge in [0.2, 0.25) is 0 Å². The standard InChI is InChI=1S/C16H22N2/c1-13-7-3-6-10-16(13)18(2)12-15-9-5-4-8-14(15)11-17/h4-5,8-9,13,16H,3,6-7,10,12H2,1-2H3.